The lowest BCUT2D eigenvalue weighted by Crippen LogP contribution is -2.37. The molecule has 0 aromatic carbocycles. The lowest BCUT2D eigenvalue weighted by Gasteiger charge is -2.35. The lowest BCUT2D eigenvalue weighted by atomic mass is 9.97. The fourth-order valence-corrected chi connectivity index (χ4v) is 5.14. The third-order valence-electron chi connectivity index (χ3n) is 5.24. The van der Waals surface area contributed by atoms with Crippen LogP contribution in [0.2, 0.25) is 0 Å². The number of thiazole rings is 1. The molecule has 0 bridgehead atoms. The minimum atomic E-state index is 0.257. The van der Waals surface area contributed by atoms with E-state index in [0.717, 1.165) is 18.9 Å². The van der Waals surface area contributed by atoms with Gasteiger partial charge in [-0.1, -0.05) is 0 Å². The molecule has 0 N–H and O–H groups in total. The van der Waals surface area contributed by atoms with Crippen LogP contribution in [0.5, 0.6) is 0 Å². The van der Waals surface area contributed by atoms with Crippen molar-refractivity contribution in [3.8, 4) is 0 Å². The number of hydrogen-bond acceptors (Lipinski definition) is 6. The molecular formula is C16H24N6S. The van der Waals surface area contributed by atoms with Crippen LogP contribution < -0.4 is 0 Å². The van der Waals surface area contributed by atoms with Gasteiger partial charge in [0.15, 0.2) is 5.82 Å². The molecule has 0 spiro atoms. The summed E-state index contributed by atoms with van der Waals surface area (Å²) < 4.78 is 1.79. The maximum absolute atomic E-state index is 4.99. The molecule has 23 heavy (non-hydrogen) atoms. The van der Waals surface area contributed by atoms with E-state index in [1.807, 2.05) is 18.4 Å². The van der Waals surface area contributed by atoms with Crippen molar-refractivity contribution < 1.29 is 0 Å². The van der Waals surface area contributed by atoms with Crippen molar-refractivity contribution in [2.24, 2.45) is 7.05 Å². The van der Waals surface area contributed by atoms with E-state index >= 15 is 0 Å². The predicted octanol–water partition coefficient (Wildman–Crippen LogP) is 2.49. The highest BCUT2D eigenvalue weighted by Gasteiger charge is 2.30. The van der Waals surface area contributed by atoms with Gasteiger partial charge in [0.1, 0.15) is 0 Å². The van der Waals surface area contributed by atoms with Crippen LogP contribution in [-0.2, 0) is 19.9 Å². The van der Waals surface area contributed by atoms with Crippen LogP contribution in [0.1, 0.15) is 66.0 Å². The lowest BCUT2D eigenvalue weighted by molar-refractivity contribution is 0.150. The maximum atomic E-state index is 4.99. The second-order valence-electron chi connectivity index (χ2n) is 6.80. The standard InChI is InChI=1S/C16H24N6S/c1-11(15-18-19-20-21(15)2)22-9-5-6-12(10-22)16-17-13-7-3-4-8-14(13)23-16/h11-12H,3-10H2,1-2H3/t11-,12+/m0/s1. The monoisotopic (exact) mass is 332 g/mol. The fraction of sp³-hybridized carbons (Fsp3) is 0.750. The molecule has 0 saturated carbocycles. The number of likely N-dealkylation sites (tertiary alicyclic amines) is 1. The first-order valence-electron chi connectivity index (χ1n) is 8.67. The Morgan fingerprint density at radius 1 is 1.22 bits per heavy atom. The number of nitrogens with zero attached hydrogens (tertiary/aromatic N) is 6. The van der Waals surface area contributed by atoms with Crippen LogP contribution in [0.4, 0.5) is 0 Å². The maximum Gasteiger partial charge on any atom is 0.167 e. The first-order chi connectivity index (χ1) is 11.2. The Balaban J connectivity index is 1.50. The van der Waals surface area contributed by atoms with Crippen LogP contribution in [0.25, 0.3) is 0 Å². The molecule has 2 aromatic rings. The zero-order valence-electron chi connectivity index (χ0n) is 13.9. The first-order valence-corrected chi connectivity index (χ1v) is 9.49. The van der Waals surface area contributed by atoms with Gasteiger partial charge in [-0.25, -0.2) is 9.67 Å². The van der Waals surface area contributed by atoms with E-state index in [1.54, 1.807) is 9.56 Å². The summed E-state index contributed by atoms with van der Waals surface area (Å²) in [7, 11) is 1.92. The van der Waals surface area contributed by atoms with Crippen LogP contribution >= 0.6 is 11.3 Å². The summed E-state index contributed by atoms with van der Waals surface area (Å²) in [5, 5.41) is 13.3. The average molecular weight is 332 g/mol. The van der Waals surface area contributed by atoms with E-state index < -0.39 is 0 Å². The molecule has 1 aliphatic carbocycles. The Morgan fingerprint density at radius 3 is 2.87 bits per heavy atom. The Bertz CT molecular complexity index is 654. The number of aryl methyl sites for hydroxylation is 3. The summed E-state index contributed by atoms with van der Waals surface area (Å²) in [6.07, 6.45) is 7.55. The Hall–Kier alpha value is -1.34. The van der Waals surface area contributed by atoms with Crippen LogP contribution in [0.3, 0.4) is 0 Å². The van der Waals surface area contributed by atoms with E-state index in [4.69, 9.17) is 4.98 Å². The minimum absolute atomic E-state index is 0.257. The topological polar surface area (TPSA) is 59.7 Å². The SMILES string of the molecule is C[C@@H](c1nnnn1C)N1CCC[C@@H](c2nc3c(s2)CCCC3)C1. The number of piperidine rings is 1. The van der Waals surface area contributed by atoms with Crippen LogP contribution in [0, 0.1) is 0 Å². The summed E-state index contributed by atoms with van der Waals surface area (Å²) in [6.45, 7) is 4.40. The van der Waals surface area contributed by atoms with Gasteiger partial charge in [0.2, 0.25) is 0 Å². The molecule has 0 amide bonds. The highest BCUT2D eigenvalue weighted by atomic mass is 32.1. The van der Waals surface area contributed by atoms with Crippen LogP contribution in [0.15, 0.2) is 0 Å². The van der Waals surface area contributed by atoms with E-state index in [2.05, 4.69) is 27.3 Å². The van der Waals surface area contributed by atoms with Crippen molar-refractivity contribution in [1.29, 1.82) is 0 Å². The number of rotatable bonds is 3. The van der Waals surface area contributed by atoms with Gasteiger partial charge in [0.05, 0.1) is 16.7 Å². The van der Waals surface area contributed by atoms with Crippen LogP contribution in [-0.4, -0.2) is 43.2 Å². The summed E-state index contributed by atoms with van der Waals surface area (Å²) in [6, 6.07) is 0.257. The quantitative estimate of drug-likeness (QED) is 0.864. The van der Waals surface area contributed by atoms with E-state index in [1.165, 1.54) is 49.2 Å². The summed E-state index contributed by atoms with van der Waals surface area (Å²) in [4.78, 5) is 9.06. The molecular weight excluding hydrogens is 308 g/mol. The van der Waals surface area contributed by atoms with E-state index in [-0.39, 0.29) is 6.04 Å². The highest BCUT2D eigenvalue weighted by Crippen LogP contribution is 2.36. The molecule has 2 aliphatic rings. The molecule has 0 unspecified atom stereocenters. The summed E-state index contributed by atoms with van der Waals surface area (Å²) in [5.74, 6) is 1.52. The van der Waals surface area contributed by atoms with Gasteiger partial charge in [0, 0.05) is 24.4 Å². The molecule has 2 aromatic heterocycles. The van der Waals surface area contributed by atoms with Gasteiger partial charge in [-0.2, -0.15) is 0 Å². The molecule has 6 nitrogen and oxygen atoms in total. The zero-order valence-corrected chi connectivity index (χ0v) is 14.7. The normalized spacial score (nSPS) is 23.7. The Morgan fingerprint density at radius 2 is 2.09 bits per heavy atom. The van der Waals surface area contributed by atoms with Crippen molar-refractivity contribution in [1.82, 2.24) is 30.1 Å². The first kappa shape index (κ1) is 15.2. The second kappa shape index (κ2) is 6.28. The van der Waals surface area contributed by atoms with Crippen molar-refractivity contribution in [2.45, 2.75) is 57.4 Å². The largest absolute Gasteiger partial charge is 0.293 e. The molecule has 1 saturated heterocycles. The van der Waals surface area contributed by atoms with E-state index in [0.29, 0.717) is 5.92 Å². The predicted molar refractivity (Wildman–Crippen MR) is 89.5 cm³/mol. The molecule has 3 heterocycles. The number of fused-ring (bicyclic) bond motifs is 1. The van der Waals surface area contributed by atoms with Crippen molar-refractivity contribution >= 4 is 11.3 Å². The van der Waals surface area contributed by atoms with Gasteiger partial charge in [0.25, 0.3) is 0 Å². The fourth-order valence-electron chi connectivity index (χ4n) is 3.86. The third-order valence-corrected chi connectivity index (χ3v) is 6.56. The van der Waals surface area contributed by atoms with Crippen molar-refractivity contribution in [2.75, 3.05) is 13.1 Å². The van der Waals surface area contributed by atoms with Gasteiger partial charge in [-0.3, -0.25) is 4.90 Å². The minimum Gasteiger partial charge on any atom is -0.293 e. The van der Waals surface area contributed by atoms with Gasteiger partial charge < -0.3 is 0 Å². The number of aromatic nitrogens is 5. The van der Waals surface area contributed by atoms with Gasteiger partial charge in [-0.15, -0.1) is 16.4 Å². The Labute approximate surface area is 140 Å². The van der Waals surface area contributed by atoms with E-state index in [9.17, 15) is 0 Å². The zero-order chi connectivity index (χ0) is 15.8. The smallest absolute Gasteiger partial charge is 0.167 e. The Kier molecular flexibility index (Phi) is 4.15. The summed E-state index contributed by atoms with van der Waals surface area (Å²) >= 11 is 1.97. The highest BCUT2D eigenvalue weighted by molar-refractivity contribution is 7.11. The molecule has 4 rings (SSSR count). The number of hydrogen-bond donors (Lipinski definition) is 0. The van der Waals surface area contributed by atoms with Gasteiger partial charge in [-0.05, 0) is 62.4 Å². The molecule has 7 heteroatoms. The third kappa shape index (κ3) is 2.92. The van der Waals surface area contributed by atoms with Crippen molar-refractivity contribution in [3.05, 3.63) is 21.4 Å². The van der Waals surface area contributed by atoms with Crippen molar-refractivity contribution in [3.63, 3.8) is 0 Å². The molecule has 1 aliphatic heterocycles. The summed E-state index contributed by atoms with van der Waals surface area (Å²) in [5.41, 5.74) is 1.39. The number of tetrazole rings is 1. The molecule has 0 radical (unpaired) electrons. The average Bonchev–Trinajstić information content (AvgIpc) is 3.20. The molecule has 124 valence electrons. The molecule has 2 atom stereocenters. The second-order valence-corrected chi connectivity index (χ2v) is 7.92. The molecule has 1 fully saturated rings. The van der Waals surface area contributed by atoms with Gasteiger partial charge >= 0.3 is 0 Å².